The van der Waals surface area contributed by atoms with Crippen LogP contribution in [0.4, 0.5) is 5.13 Å². The SMILES string of the molecule is CCOc1ccc2nc(N3C(=O)C(=O)C(=C(O)c4ccc(OC)cc4)C3c3ccc(Cl)c(Cl)c3)sc2c1. The van der Waals surface area contributed by atoms with E-state index < -0.39 is 17.7 Å². The van der Waals surface area contributed by atoms with Gasteiger partial charge in [0.05, 0.1) is 45.6 Å². The number of hydrogen-bond donors (Lipinski definition) is 1. The molecule has 1 N–H and O–H groups in total. The van der Waals surface area contributed by atoms with Crippen LogP contribution in [0, 0.1) is 0 Å². The number of aliphatic hydroxyl groups excluding tert-OH is 1. The van der Waals surface area contributed by atoms with Gasteiger partial charge < -0.3 is 14.6 Å². The second-order valence-electron chi connectivity index (χ2n) is 8.13. The number of ketones is 1. The molecule has 4 aromatic rings. The van der Waals surface area contributed by atoms with Crippen LogP contribution < -0.4 is 14.4 Å². The normalized spacial score (nSPS) is 17.0. The predicted octanol–water partition coefficient (Wildman–Crippen LogP) is 6.64. The lowest BCUT2D eigenvalue weighted by molar-refractivity contribution is -0.132. The fraction of sp³-hybridized carbons (Fsp3) is 0.148. The van der Waals surface area contributed by atoms with Crippen LogP contribution in [0.15, 0.2) is 66.2 Å². The zero-order valence-electron chi connectivity index (χ0n) is 19.7. The largest absolute Gasteiger partial charge is 0.507 e. The van der Waals surface area contributed by atoms with Gasteiger partial charge in [0, 0.05) is 5.56 Å². The predicted molar refractivity (Wildman–Crippen MR) is 145 cm³/mol. The van der Waals surface area contributed by atoms with Gasteiger partial charge >= 0.3 is 5.91 Å². The zero-order chi connectivity index (χ0) is 26.3. The highest BCUT2D eigenvalue weighted by molar-refractivity contribution is 7.22. The summed E-state index contributed by atoms with van der Waals surface area (Å²) in [5.41, 5.74) is 1.42. The molecule has 0 aliphatic carbocycles. The Bertz CT molecular complexity index is 1570. The first kappa shape index (κ1) is 25.1. The van der Waals surface area contributed by atoms with Gasteiger partial charge in [-0.3, -0.25) is 14.5 Å². The third-order valence-corrected chi connectivity index (χ3v) is 7.69. The Hall–Kier alpha value is -3.59. The average molecular weight is 555 g/mol. The van der Waals surface area contributed by atoms with E-state index in [2.05, 4.69) is 4.98 Å². The van der Waals surface area contributed by atoms with Crippen LogP contribution in [-0.2, 0) is 9.59 Å². The summed E-state index contributed by atoms with van der Waals surface area (Å²) < 4.78 is 11.6. The van der Waals surface area contributed by atoms with Gasteiger partial charge in [0.2, 0.25) is 0 Å². The van der Waals surface area contributed by atoms with Crippen LogP contribution >= 0.6 is 34.5 Å². The van der Waals surface area contributed by atoms with Crippen molar-refractivity contribution in [2.24, 2.45) is 0 Å². The monoisotopic (exact) mass is 554 g/mol. The van der Waals surface area contributed by atoms with Crippen molar-refractivity contribution in [2.75, 3.05) is 18.6 Å². The fourth-order valence-corrected chi connectivity index (χ4v) is 5.51. The molecule has 10 heteroatoms. The Kier molecular flexibility index (Phi) is 6.81. The zero-order valence-corrected chi connectivity index (χ0v) is 22.0. The first-order chi connectivity index (χ1) is 17.8. The number of ether oxygens (including phenoxy) is 2. The maximum absolute atomic E-state index is 13.4. The number of hydrogen-bond acceptors (Lipinski definition) is 7. The van der Waals surface area contributed by atoms with Gasteiger partial charge in [0.15, 0.2) is 5.13 Å². The molecule has 2 heterocycles. The van der Waals surface area contributed by atoms with Crippen molar-refractivity contribution in [3.05, 3.63) is 87.4 Å². The van der Waals surface area contributed by atoms with Crippen molar-refractivity contribution < 1.29 is 24.2 Å². The van der Waals surface area contributed by atoms with Crippen LogP contribution in [0.2, 0.25) is 10.0 Å². The minimum absolute atomic E-state index is 0.0807. The molecule has 1 saturated heterocycles. The number of anilines is 1. The number of benzene rings is 3. The highest BCUT2D eigenvalue weighted by atomic mass is 35.5. The number of halogens is 2. The molecule has 1 amide bonds. The van der Waals surface area contributed by atoms with Crippen LogP contribution in [-0.4, -0.2) is 35.5 Å². The van der Waals surface area contributed by atoms with Crippen LogP contribution in [0.1, 0.15) is 24.1 Å². The Morgan fingerprint density at radius 3 is 2.43 bits per heavy atom. The lowest BCUT2D eigenvalue weighted by atomic mass is 9.95. The molecule has 5 rings (SSSR count). The molecule has 1 fully saturated rings. The third kappa shape index (κ3) is 4.52. The summed E-state index contributed by atoms with van der Waals surface area (Å²) in [5.74, 6) is -0.708. The van der Waals surface area contributed by atoms with Gasteiger partial charge in [-0.15, -0.1) is 0 Å². The number of fused-ring (bicyclic) bond motifs is 1. The van der Waals surface area contributed by atoms with Crippen LogP contribution in [0.3, 0.4) is 0 Å². The number of carbonyl (C=O) groups excluding carboxylic acids is 2. The van der Waals surface area contributed by atoms with Crippen molar-refractivity contribution >= 4 is 67.3 Å². The Morgan fingerprint density at radius 1 is 1.03 bits per heavy atom. The molecule has 1 aromatic heterocycles. The third-order valence-electron chi connectivity index (χ3n) is 5.93. The first-order valence-electron chi connectivity index (χ1n) is 11.3. The minimum atomic E-state index is -0.983. The number of thiazole rings is 1. The standard InChI is InChI=1S/C27H20Cl2N2O5S/c1-3-36-17-9-11-20-21(13-17)37-27(30-20)31-23(15-6-10-18(28)19(29)12-15)22(25(33)26(31)34)24(32)14-4-7-16(35-2)8-5-14/h4-13,23,32H,3H2,1-2H3. The van der Waals surface area contributed by atoms with E-state index in [0.29, 0.717) is 44.9 Å². The average Bonchev–Trinajstić information content (AvgIpc) is 3.43. The van der Waals surface area contributed by atoms with Crippen LogP contribution in [0.25, 0.3) is 16.0 Å². The lowest BCUT2D eigenvalue weighted by Gasteiger charge is -2.23. The molecule has 0 saturated carbocycles. The molecular weight excluding hydrogens is 535 g/mol. The summed E-state index contributed by atoms with van der Waals surface area (Å²) in [7, 11) is 1.53. The molecular formula is C27H20Cl2N2O5S. The van der Waals surface area contributed by atoms with E-state index in [1.54, 1.807) is 54.6 Å². The minimum Gasteiger partial charge on any atom is -0.507 e. The number of amides is 1. The van der Waals surface area contributed by atoms with E-state index in [1.807, 2.05) is 13.0 Å². The summed E-state index contributed by atoms with van der Waals surface area (Å²) in [5, 5.41) is 12.1. The molecule has 7 nitrogen and oxygen atoms in total. The van der Waals surface area contributed by atoms with Crippen molar-refractivity contribution in [1.29, 1.82) is 0 Å². The Balaban J connectivity index is 1.69. The topological polar surface area (TPSA) is 89.0 Å². The molecule has 1 aliphatic rings. The highest BCUT2D eigenvalue weighted by Crippen LogP contribution is 2.45. The van der Waals surface area contributed by atoms with E-state index in [-0.39, 0.29) is 16.4 Å². The number of rotatable bonds is 6. The molecule has 0 spiro atoms. The lowest BCUT2D eigenvalue weighted by Crippen LogP contribution is -2.29. The number of nitrogens with zero attached hydrogens (tertiary/aromatic N) is 2. The fourth-order valence-electron chi connectivity index (χ4n) is 4.18. The molecule has 1 unspecified atom stereocenters. The molecule has 3 aromatic carbocycles. The van der Waals surface area contributed by atoms with E-state index in [9.17, 15) is 14.7 Å². The van der Waals surface area contributed by atoms with Crippen LogP contribution in [0.5, 0.6) is 11.5 Å². The maximum Gasteiger partial charge on any atom is 0.301 e. The Morgan fingerprint density at radius 2 is 1.76 bits per heavy atom. The van der Waals surface area contributed by atoms with Crippen molar-refractivity contribution in [1.82, 2.24) is 4.98 Å². The summed E-state index contributed by atoms with van der Waals surface area (Å²) in [6, 6.07) is 15.8. The van der Waals surface area contributed by atoms with Gasteiger partial charge in [-0.05, 0) is 67.1 Å². The smallest absolute Gasteiger partial charge is 0.301 e. The van der Waals surface area contributed by atoms with E-state index in [1.165, 1.54) is 23.3 Å². The quantitative estimate of drug-likeness (QED) is 0.163. The number of aliphatic hydroxyl groups is 1. The van der Waals surface area contributed by atoms with E-state index >= 15 is 0 Å². The van der Waals surface area contributed by atoms with Crippen molar-refractivity contribution in [3.63, 3.8) is 0 Å². The summed E-state index contributed by atoms with van der Waals surface area (Å²) in [4.78, 5) is 32.7. The van der Waals surface area contributed by atoms with Gasteiger partial charge in [0.1, 0.15) is 17.3 Å². The summed E-state index contributed by atoms with van der Waals surface area (Å²) in [6.07, 6.45) is 0. The number of carbonyl (C=O) groups is 2. The molecule has 1 atom stereocenters. The van der Waals surface area contributed by atoms with Gasteiger partial charge in [-0.25, -0.2) is 4.98 Å². The molecule has 1 aliphatic heterocycles. The summed E-state index contributed by atoms with van der Waals surface area (Å²) >= 11 is 13.7. The molecule has 188 valence electrons. The van der Waals surface area contributed by atoms with Crippen molar-refractivity contribution in [3.8, 4) is 11.5 Å². The van der Waals surface area contributed by atoms with E-state index in [0.717, 1.165) is 4.70 Å². The van der Waals surface area contributed by atoms with Gasteiger partial charge in [-0.1, -0.05) is 40.6 Å². The molecule has 0 radical (unpaired) electrons. The molecule has 0 bridgehead atoms. The maximum atomic E-state index is 13.4. The van der Waals surface area contributed by atoms with Gasteiger partial charge in [0.25, 0.3) is 5.78 Å². The van der Waals surface area contributed by atoms with Crippen molar-refractivity contribution in [2.45, 2.75) is 13.0 Å². The number of Topliss-reactive ketones (excluding diaryl/α,β-unsaturated/α-hetero) is 1. The second kappa shape index (κ2) is 10.0. The molecule has 37 heavy (non-hydrogen) atoms. The number of methoxy groups -OCH3 is 1. The highest BCUT2D eigenvalue weighted by Gasteiger charge is 2.48. The van der Waals surface area contributed by atoms with Gasteiger partial charge in [-0.2, -0.15) is 0 Å². The van der Waals surface area contributed by atoms with E-state index in [4.69, 9.17) is 32.7 Å². The second-order valence-corrected chi connectivity index (χ2v) is 9.95. The Labute approximate surface area is 226 Å². The summed E-state index contributed by atoms with van der Waals surface area (Å²) in [6.45, 7) is 2.40. The first-order valence-corrected chi connectivity index (χ1v) is 12.8. The number of aromatic nitrogens is 1.